The van der Waals surface area contributed by atoms with E-state index in [-0.39, 0.29) is 11.7 Å². The monoisotopic (exact) mass is 332 g/mol. The highest BCUT2D eigenvalue weighted by molar-refractivity contribution is 7.99. The highest BCUT2D eigenvalue weighted by atomic mass is 32.2. The van der Waals surface area contributed by atoms with Crippen LogP contribution in [0.3, 0.4) is 0 Å². The number of rotatable bonds is 5. The van der Waals surface area contributed by atoms with Crippen LogP contribution in [0.5, 0.6) is 0 Å². The van der Waals surface area contributed by atoms with Gasteiger partial charge in [-0.1, -0.05) is 46.7 Å². The number of hydrogen-bond donors (Lipinski definition) is 1. The van der Waals surface area contributed by atoms with Crippen LogP contribution in [0.25, 0.3) is 11.4 Å². The Morgan fingerprint density at radius 1 is 1.36 bits per heavy atom. The van der Waals surface area contributed by atoms with Crippen molar-refractivity contribution < 1.29 is 9.32 Å². The van der Waals surface area contributed by atoms with Crippen LogP contribution < -0.4 is 5.32 Å². The molecule has 1 aromatic carbocycles. The number of carbonyl (C=O) groups excluding carboxylic acids is 1. The van der Waals surface area contributed by atoms with Crippen LogP contribution in [0.15, 0.2) is 45.6 Å². The van der Waals surface area contributed by atoms with Crippen LogP contribution >= 0.6 is 23.1 Å². The average Bonchev–Trinajstić information content (AvgIpc) is 3.17. The van der Waals surface area contributed by atoms with Crippen LogP contribution in [0.1, 0.15) is 5.56 Å². The molecule has 0 saturated heterocycles. The minimum Gasteiger partial charge on any atom is -0.327 e. The summed E-state index contributed by atoms with van der Waals surface area (Å²) in [6.07, 6.45) is 1.64. The molecular formula is C14H12N4O2S2. The Labute approximate surface area is 135 Å². The second kappa shape index (κ2) is 6.71. The number of aryl methyl sites for hydroxylation is 1. The summed E-state index contributed by atoms with van der Waals surface area (Å²) in [4.78, 5) is 20.0. The van der Waals surface area contributed by atoms with Gasteiger partial charge in [0, 0.05) is 17.1 Å². The zero-order valence-electron chi connectivity index (χ0n) is 11.6. The predicted octanol–water partition coefficient (Wildman–Crippen LogP) is 3.23. The number of hydrogen-bond acceptors (Lipinski definition) is 7. The van der Waals surface area contributed by atoms with Crippen LogP contribution in [0.2, 0.25) is 0 Å². The van der Waals surface area contributed by atoms with E-state index in [4.69, 9.17) is 4.52 Å². The third-order valence-corrected chi connectivity index (χ3v) is 4.23. The van der Waals surface area contributed by atoms with Crippen molar-refractivity contribution in [2.24, 2.45) is 0 Å². The third-order valence-electron chi connectivity index (χ3n) is 2.72. The van der Waals surface area contributed by atoms with E-state index in [0.29, 0.717) is 16.2 Å². The summed E-state index contributed by atoms with van der Waals surface area (Å²) in [6.45, 7) is 2.02. The Hall–Kier alpha value is -2.19. The summed E-state index contributed by atoms with van der Waals surface area (Å²) < 4.78 is 5.14. The summed E-state index contributed by atoms with van der Waals surface area (Å²) in [6, 6.07) is 7.84. The Morgan fingerprint density at radius 3 is 2.91 bits per heavy atom. The Morgan fingerprint density at radius 2 is 2.18 bits per heavy atom. The van der Waals surface area contributed by atoms with Gasteiger partial charge in [-0.05, 0) is 6.92 Å². The van der Waals surface area contributed by atoms with Crippen molar-refractivity contribution in [3.8, 4) is 11.4 Å². The van der Waals surface area contributed by atoms with Crippen LogP contribution in [0.4, 0.5) is 5.13 Å². The van der Waals surface area contributed by atoms with Gasteiger partial charge in [-0.3, -0.25) is 4.79 Å². The number of carbonyl (C=O) groups is 1. The topological polar surface area (TPSA) is 80.9 Å². The zero-order chi connectivity index (χ0) is 15.4. The summed E-state index contributed by atoms with van der Waals surface area (Å²) in [5.74, 6) is 0.549. The largest absolute Gasteiger partial charge is 0.327 e. The standard InChI is InChI=1S/C14H12N4O2S2/c1-9-2-4-10(5-3-9)12-17-14(20-18-12)22-8-11(19)16-13-15-6-7-21-13/h2-7H,8H2,1H3,(H,15,16,19). The summed E-state index contributed by atoms with van der Waals surface area (Å²) in [7, 11) is 0. The maximum absolute atomic E-state index is 11.7. The minimum absolute atomic E-state index is 0.157. The molecule has 0 fully saturated rings. The molecule has 22 heavy (non-hydrogen) atoms. The van der Waals surface area contributed by atoms with Gasteiger partial charge in [-0.2, -0.15) is 4.98 Å². The lowest BCUT2D eigenvalue weighted by Crippen LogP contribution is -2.13. The number of thioether (sulfide) groups is 1. The van der Waals surface area contributed by atoms with Gasteiger partial charge < -0.3 is 9.84 Å². The van der Waals surface area contributed by atoms with E-state index in [1.54, 1.807) is 11.6 Å². The highest BCUT2D eigenvalue weighted by Gasteiger charge is 2.11. The summed E-state index contributed by atoms with van der Waals surface area (Å²) >= 11 is 2.57. The van der Waals surface area contributed by atoms with E-state index < -0.39 is 0 Å². The first-order valence-electron chi connectivity index (χ1n) is 6.43. The number of anilines is 1. The molecule has 2 aromatic heterocycles. The van der Waals surface area contributed by atoms with Crippen LogP contribution in [-0.4, -0.2) is 26.8 Å². The molecule has 0 unspecified atom stereocenters. The molecular weight excluding hydrogens is 320 g/mol. The molecule has 0 atom stereocenters. The van der Waals surface area contributed by atoms with Crippen molar-refractivity contribution >= 4 is 34.1 Å². The van der Waals surface area contributed by atoms with Gasteiger partial charge in [-0.25, -0.2) is 4.98 Å². The average molecular weight is 332 g/mol. The molecule has 3 aromatic rings. The molecule has 0 radical (unpaired) electrons. The lowest BCUT2D eigenvalue weighted by molar-refractivity contribution is -0.113. The molecule has 112 valence electrons. The molecule has 1 N–H and O–H groups in total. The number of nitrogens with one attached hydrogen (secondary N) is 1. The lowest BCUT2D eigenvalue weighted by atomic mass is 10.1. The van der Waals surface area contributed by atoms with Crippen molar-refractivity contribution in [3.63, 3.8) is 0 Å². The van der Waals surface area contributed by atoms with Gasteiger partial charge in [0.1, 0.15) is 0 Å². The van der Waals surface area contributed by atoms with E-state index in [9.17, 15) is 4.79 Å². The van der Waals surface area contributed by atoms with Gasteiger partial charge in [0.15, 0.2) is 5.13 Å². The Kier molecular flexibility index (Phi) is 4.50. The predicted molar refractivity (Wildman–Crippen MR) is 85.9 cm³/mol. The fraction of sp³-hybridized carbons (Fsp3) is 0.143. The second-order valence-corrected chi connectivity index (χ2v) is 6.25. The highest BCUT2D eigenvalue weighted by Crippen LogP contribution is 2.22. The fourth-order valence-electron chi connectivity index (χ4n) is 1.66. The molecule has 0 aliphatic rings. The van der Waals surface area contributed by atoms with E-state index in [1.807, 2.05) is 31.2 Å². The van der Waals surface area contributed by atoms with Gasteiger partial charge in [-0.15, -0.1) is 11.3 Å². The van der Waals surface area contributed by atoms with E-state index in [1.165, 1.54) is 28.7 Å². The molecule has 8 heteroatoms. The number of amides is 1. The summed E-state index contributed by atoms with van der Waals surface area (Å²) in [5.41, 5.74) is 2.05. The SMILES string of the molecule is Cc1ccc(-c2noc(SCC(=O)Nc3nccs3)n2)cc1. The molecule has 1 amide bonds. The van der Waals surface area contributed by atoms with Crippen LogP contribution in [0, 0.1) is 6.92 Å². The maximum atomic E-state index is 11.7. The number of nitrogens with zero attached hydrogens (tertiary/aromatic N) is 3. The molecule has 2 heterocycles. The lowest BCUT2D eigenvalue weighted by Gasteiger charge is -1.98. The maximum Gasteiger partial charge on any atom is 0.286 e. The first-order chi connectivity index (χ1) is 10.7. The minimum atomic E-state index is -0.157. The second-order valence-electron chi connectivity index (χ2n) is 4.42. The van der Waals surface area contributed by atoms with Crippen molar-refractivity contribution in [3.05, 3.63) is 41.4 Å². The van der Waals surface area contributed by atoms with Gasteiger partial charge in [0.2, 0.25) is 11.7 Å². The fourth-order valence-corrected chi connectivity index (χ4v) is 2.77. The number of benzene rings is 1. The van der Waals surface area contributed by atoms with Crippen molar-refractivity contribution in [2.45, 2.75) is 12.1 Å². The van der Waals surface area contributed by atoms with E-state index >= 15 is 0 Å². The van der Waals surface area contributed by atoms with E-state index in [2.05, 4.69) is 20.4 Å². The van der Waals surface area contributed by atoms with E-state index in [0.717, 1.165) is 5.56 Å². The van der Waals surface area contributed by atoms with Crippen molar-refractivity contribution in [1.29, 1.82) is 0 Å². The molecule has 3 rings (SSSR count). The van der Waals surface area contributed by atoms with Gasteiger partial charge >= 0.3 is 0 Å². The van der Waals surface area contributed by atoms with Crippen molar-refractivity contribution in [1.82, 2.24) is 15.1 Å². The van der Waals surface area contributed by atoms with Crippen molar-refractivity contribution in [2.75, 3.05) is 11.1 Å². The Balaban J connectivity index is 1.57. The molecule has 0 spiro atoms. The Bertz CT molecular complexity index is 754. The molecule has 0 bridgehead atoms. The van der Waals surface area contributed by atoms with Gasteiger partial charge in [0.05, 0.1) is 5.75 Å². The molecule has 6 nitrogen and oxygen atoms in total. The smallest absolute Gasteiger partial charge is 0.286 e. The molecule has 0 aliphatic heterocycles. The molecule has 0 saturated carbocycles. The summed E-state index contributed by atoms with van der Waals surface area (Å²) in [5, 5.41) is 9.36. The first-order valence-corrected chi connectivity index (χ1v) is 8.30. The molecule has 0 aliphatic carbocycles. The van der Waals surface area contributed by atoms with Crippen LogP contribution in [-0.2, 0) is 4.79 Å². The zero-order valence-corrected chi connectivity index (χ0v) is 13.3. The number of aromatic nitrogens is 3. The quantitative estimate of drug-likeness (QED) is 0.723. The first kappa shape index (κ1) is 14.7. The number of thiazole rings is 1. The van der Waals surface area contributed by atoms with Gasteiger partial charge in [0.25, 0.3) is 5.22 Å². The normalized spacial score (nSPS) is 10.6. The third kappa shape index (κ3) is 3.71.